The lowest BCUT2D eigenvalue weighted by Crippen LogP contribution is -2.31. The maximum absolute atomic E-state index is 14.1. The maximum atomic E-state index is 14.1. The van der Waals surface area contributed by atoms with Crippen molar-refractivity contribution in [2.45, 2.75) is 53.1 Å². The van der Waals surface area contributed by atoms with E-state index in [4.69, 9.17) is 10.5 Å². The van der Waals surface area contributed by atoms with Crippen LogP contribution in [0.3, 0.4) is 0 Å². The quantitative estimate of drug-likeness (QED) is 0.633. The molecule has 1 saturated heterocycles. The van der Waals surface area contributed by atoms with Crippen molar-refractivity contribution in [2.75, 3.05) is 18.5 Å². The number of halogens is 1. The van der Waals surface area contributed by atoms with Crippen LogP contribution in [0.25, 0.3) is 11.2 Å². The highest BCUT2D eigenvalue weighted by molar-refractivity contribution is 5.94. The van der Waals surface area contributed by atoms with Gasteiger partial charge in [0, 0.05) is 26.9 Å². The van der Waals surface area contributed by atoms with Gasteiger partial charge in [0.2, 0.25) is 5.95 Å². The summed E-state index contributed by atoms with van der Waals surface area (Å²) in [6.07, 6.45) is 3.66. The number of benzene rings is 1. The first-order valence-corrected chi connectivity index (χ1v) is 10.4. The lowest BCUT2D eigenvalue weighted by molar-refractivity contribution is 0.0623. The van der Waals surface area contributed by atoms with Gasteiger partial charge in [0.15, 0.2) is 5.65 Å². The number of nitrogens with one attached hydrogen (secondary N) is 1. The van der Waals surface area contributed by atoms with Crippen LogP contribution in [-0.4, -0.2) is 43.9 Å². The van der Waals surface area contributed by atoms with Gasteiger partial charge in [-0.2, -0.15) is 4.98 Å². The Labute approximate surface area is 182 Å². The van der Waals surface area contributed by atoms with Gasteiger partial charge in [0.1, 0.15) is 11.3 Å². The Morgan fingerprint density at radius 3 is 2.65 bits per heavy atom. The summed E-state index contributed by atoms with van der Waals surface area (Å²) in [6.45, 7) is 10.2. The second kappa shape index (κ2) is 10.4. The lowest BCUT2D eigenvalue weighted by atomic mass is 10.1. The third kappa shape index (κ3) is 4.70. The molecule has 31 heavy (non-hydrogen) atoms. The average molecular weight is 437 g/mol. The van der Waals surface area contributed by atoms with Gasteiger partial charge >= 0.3 is 0 Å². The van der Waals surface area contributed by atoms with E-state index in [-0.39, 0.29) is 12.5 Å². The number of anilines is 2. The van der Waals surface area contributed by atoms with E-state index in [1.54, 1.807) is 13.1 Å². The molecule has 0 bridgehead atoms. The molecule has 4 rings (SSSR count). The number of rotatable bonds is 5. The predicted octanol–water partition coefficient (Wildman–Crippen LogP) is 3.34. The predicted molar refractivity (Wildman–Crippen MR) is 120 cm³/mol. The van der Waals surface area contributed by atoms with Gasteiger partial charge in [0.25, 0.3) is 5.91 Å². The normalized spacial score (nSPS) is 14.0. The lowest BCUT2D eigenvalue weighted by Gasteiger charge is -2.33. The highest BCUT2D eigenvalue weighted by Crippen LogP contribution is 2.30. The van der Waals surface area contributed by atoms with Crippen molar-refractivity contribution in [2.24, 2.45) is 5.73 Å². The Kier molecular flexibility index (Phi) is 8.12. The van der Waals surface area contributed by atoms with Crippen LogP contribution in [0.1, 0.15) is 57.0 Å². The number of carbonyl (C=O) groups excluding carboxylic acids is 1. The largest absolute Gasteiger partial charge is 0.412 e. The minimum Gasteiger partial charge on any atom is -0.412 e. The van der Waals surface area contributed by atoms with Crippen molar-refractivity contribution in [1.29, 1.82) is 0 Å². The molecule has 9 nitrogen and oxygen atoms in total. The fraction of sp³-hybridized carbons (Fsp3) is 0.476. The Morgan fingerprint density at radius 1 is 1.35 bits per heavy atom. The highest BCUT2D eigenvalue weighted by atomic mass is 19.1. The zero-order valence-electron chi connectivity index (χ0n) is 18.4. The number of aromatic nitrogens is 4. The van der Waals surface area contributed by atoms with Crippen molar-refractivity contribution in [3.63, 3.8) is 0 Å². The van der Waals surface area contributed by atoms with E-state index in [0.29, 0.717) is 23.2 Å². The van der Waals surface area contributed by atoms with Gasteiger partial charge in [-0.25, -0.2) is 9.37 Å². The summed E-state index contributed by atoms with van der Waals surface area (Å²) in [5.41, 5.74) is 8.07. The SMILES string of the molecule is CC.CCn1c2cnc(Nc3cc(F)c(C(N)=O)cc3C)nc2n1C1CCOCC1.O.[HH]. The molecular formula is C21H33FN6O3. The molecule has 172 valence electrons. The molecule has 0 aliphatic carbocycles. The smallest absolute Gasteiger partial charge is 0.251 e. The maximum Gasteiger partial charge on any atom is 0.251 e. The van der Waals surface area contributed by atoms with Crippen molar-refractivity contribution >= 4 is 28.7 Å². The number of aryl methyl sites for hydroxylation is 2. The van der Waals surface area contributed by atoms with Crippen LogP contribution in [0, 0.1) is 12.7 Å². The molecule has 0 spiro atoms. The minimum atomic E-state index is -0.795. The van der Waals surface area contributed by atoms with Crippen LogP contribution < -0.4 is 11.1 Å². The standard InChI is InChI=1S/C19H23FN6O2.C2H6.H2O.H2/c1-3-25-16-10-22-19(24-18(16)26(25)12-4-6-28-7-5-12)23-15-9-14(20)13(17(21)27)8-11(15)2;1-2;;/h8-10,12H,3-7H2,1-2H3,(H2,21,27)(H,22,23,24);1-2H3;1H2;1H. The molecule has 2 aromatic heterocycles. The van der Waals surface area contributed by atoms with E-state index in [2.05, 4.69) is 31.6 Å². The number of amides is 1. The zero-order valence-corrected chi connectivity index (χ0v) is 18.4. The summed E-state index contributed by atoms with van der Waals surface area (Å²) in [5, 5.41) is 3.05. The molecule has 1 amide bonds. The second-order valence-electron chi connectivity index (χ2n) is 6.94. The average Bonchev–Trinajstić information content (AvgIpc) is 2.74. The molecular weight excluding hydrogens is 403 g/mol. The van der Waals surface area contributed by atoms with Crippen LogP contribution in [-0.2, 0) is 11.3 Å². The molecule has 0 radical (unpaired) electrons. The third-order valence-electron chi connectivity index (χ3n) is 5.17. The van der Waals surface area contributed by atoms with E-state index < -0.39 is 11.7 Å². The molecule has 1 aromatic carbocycles. The van der Waals surface area contributed by atoms with Crippen molar-refractivity contribution in [3.8, 4) is 0 Å². The molecule has 1 aliphatic heterocycles. The number of fused-ring (bicyclic) bond motifs is 1. The summed E-state index contributed by atoms with van der Waals surface area (Å²) < 4.78 is 24.0. The highest BCUT2D eigenvalue weighted by Gasteiger charge is 2.24. The Balaban J connectivity index is 0.00000125. The van der Waals surface area contributed by atoms with E-state index in [9.17, 15) is 9.18 Å². The van der Waals surface area contributed by atoms with Gasteiger partial charge < -0.3 is 21.3 Å². The minimum absolute atomic E-state index is 0. The van der Waals surface area contributed by atoms with E-state index >= 15 is 0 Å². The number of nitrogens with zero attached hydrogens (tertiary/aromatic N) is 4. The summed E-state index contributed by atoms with van der Waals surface area (Å²) >= 11 is 0. The summed E-state index contributed by atoms with van der Waals surface area (Å²) in [7, 11) is 0. The molecule has 5 N–H and O–H groups in total. The van der Waals surface area contributed by atoms with E-state index in [0.717, 1.165) is 43.8 Å². The molecule has 0 saturated carbocycles. The number of ether oxygens (including phenoxy) is 1. The van der Waals surface area contributed by atoms with Gasteiger partial charge in [-0.05, 0) is 44.4 Å². The van der Waals surface area contributed by atoms with Crippen molar-refractivity contribution in [1.82, 2.24) is 19.3 Å². The number of nitrogens with two attached hydrogens (primary N) is 1. The number of hydrogen-bond acceptors (Lipinski definition) is 5. The van der Waals surface area contributed by atoms with Crippen LogP contribution >= 0.6 is 0 Å². The fourth-order valence-corrected chi connectivity index (χ4v) is 3.71. The third-order valence-corrected chi connectivity index (χ3v) is 5.17. The van der Waals surface area contributed by atoms with Crippen molar-refractivity contribution in [3.05, 3.63) is 35.3 Å². The number of primary amides is 1. The molecule has 1 aliphatic rings. The molecule has 0 unspecified atom stereocenters. The Bertz CT molecular complexity index is 1050. The topological polar surface area (TPSA) is 131 Å². The first-order chi connectivity index (χ1) is 14.5. The van der Waals surface area contributed by atoms with Crippen LogP contribution in [0.15, 0.2) is 18.3 Å². The van der Waals surface area contributed by atoms with Gasteiger partial charge in [0.05, 0.1) is 17.8 Å². The van der Waals surface area contributed by atoms with E-state index in [1.165, 1.54) is 12.1 Å². The first-order valence-electron chi connectivity index (χ1n) is 10.4. The first kappa shape index (κ1) is 24.3. The Hall–Kier alpha value is -2.98. The fourth-order valence-electron chi connectivity index (χ4n) is 3.71. The van der Waals surface area contributed by atoms with E-state index in [1.807, 2.05) is 13.8 Å². The zero-order chi connectivity index (χ0) is 21.8. The van der Waals surface area contributed by atoms with Crippen LogP contribution in [0.2, 0.25) is 0 Å². The molecule has 0 atom stereocenters. The summed E-state index contributed by atoms with van der Waals surface area (Å²) in [4.78, 5) is 20.3. The number of carbonyl (C=O) groups is 1. The van der Waals surface area contributed by atoms with Gasteiger partial charge in [-0.15, -0.1) is 0 Å². The molecule has 10 heteroatoms. The molecule has 3 aromatic rings. The number of hydrogen-bond donors (Lipinski definition) is 2. The van der Waals surface area contributed by atoms with Crippen LogP contribution in [0.5, 0.6) is 0 Å². The Morgan fingerprint density at radius 2 is 2.03 bits per heavy atom. The molecule has 1 fully saturated rings. The summed E-state index contributed by atoms with van der Waals surface area (Å²) in [5.74, 6) is -1.09. The van der Waals surface area contributed by atoms with Gasteiger partial charge in [-0.3, -0.25) is 14.2 Å². The van der Waals surface area contributed by atoms with Crippen molar-refractivity contribution < 1.29 is 20.8 Å². The monoisotopic (exact) mass is 436 g/mol. The van der Waals surface area contributed by atoms with Gasteiger partial charge in [-0.1, -0.05) is 13.8 Å². The second-order valence-corrected chi connectivity index (χ2v) is 6.94. The van der Waals surface area contributed by atoms with Crippen LogP contribution in [0.4, 0.5) is 16.0 Å². The summed E-state index contributed by atoms with van der Waals surface area (Å²) in [6, 6.07) is 3.01. The molecule has 3 heterocycles.